The number of carbonyl (C=O) groups is 2. The maximum atomic E-state index is 10.0. The van der Waals surface area contributed by atoms with Crippen LogP contribution in [-0.2, 0) is 9.59 Å². The van der Waals surface area contributed by atoms with Gasteiger partial charge in [-0.25, -0.2) is 0 Å². The molecule has 0 saturated heterocycles. The summed E-state index contributed by atoms with van der Waals surface area (Å²) in [5.74, 6) is -1.11. The average molecular weight is 369 g/mol. The van der Waals surface area contributed by atoms with Gasteiger partial charge in [0.25, 0.3) is 0 Å². The molecule has 0 aliphatic carbocycles. The molecule has 0 aliphatic heterocycles. The van der Waals surface area contributed by atoms with Crippen LogP contribution in [-0.4, -0.2) is 49.7 Å². The van der Waals surface area contributed by atoms with Crippen molar-refractivity contribution < 1.29 is 19.8 Å². The van der Waals surface area contributed by atoms with E-state index in [1.54, 1.807) is 0 Å². The molecule has 0 fully saturated rings. The summed E-state index contributed by atoms with van der Waals surface area (Å²) in [5, 5.41) is 20.0. The quantitative estimate of drug-likeness (QED) is 0.415. The van der Waals surface area contributed by atoms with Crippen LogP contribution in [0.2, 0.25) is 0 Å². The zero-order chi connectivity index (χ0) is 18.3. The molecule has 0 heterocycles. The van der Waals surface area contributed by atoms with Gasteiger partial charge in [-0.2, -0.15) is 0 Å². The van der Waals surface area contributed by atoms with Gasteiger partial charge in [0.05, 0.1) is 0 Å². The van der Waals surface area contributed by atoms with E-state index in [0.29, 0.717) is 5.41 Å². The Labute approximate surface area is 178 Å². The minimum atomic E-state index is -0.925. The summed E-state index contributed by atoms with van der Waals surface area (Å²) in [7, 11) is 0. The third-order valence-corrected chi connectivity index (χ3v) is 3.47. The minimum absolute atomic E-state index is 0. The fraction of sp³-hybridized carbons (Fsp3) is 0.895. The number of hydrogen-bond donors (Lipinski definition) is 0. The molecule has 0 saturated carbocycles. The Bertz CT molecular complexity index is 309. The number of aliphatic carboxylic acids is 2. The molecule has 24 heavy (non-hydrogen) atoms. The van der Waals surface area contributed by atoms with E-state index >= 15 is 0 Å². The minimum Gasteiger partial charge on any atom is -0.550 e. The van der Waals surface area contributed by atoms with Crippen molar-refractivity contribution in [3.63, 3.8) is 0 Å². The monoisotopic (exact) mass is 368 g/mol. The second kappa shape index (κ2) is 18.0. The third kappa shape index (κ3) is 33.7. The molecule has 0 atom stereocenters. The number of carboxylic acids is 2. The van der Waals surface area contributed by atoms with Crippen molar-refractivity contribution in [3.05, 3.63) is 0 Å². The van der Waals surface area contributed by atoms with Gasteiger partial charge in [-0.1, -0.05) is 66.7 Å². The predicted octanol–water partition coefficient (Wildman–Crippen LogP) is 2.69. The molecule has 0 spiro atoms. The normalized spacial score (nSPS) is 10.6. The van der Waals surface area contributed by atoms with Crippen LogP contribution >= 0.6 is 0 Å². The van der Waals surface area contributed by atoms with Crippen LogP contribution in [0.1, 0.15) is 98.8 Å². The molecule has 0 amide bonds. The van der Waals surface area contributed by atoms with Crippen molar-refractivity contribution in [2.45, 2.75) is 98.8 Å². The van der Waals surface area contributed by atoms with Crippen molar-refractivity contribution in [2.24, 2.45) is 11.3 Å². The van der Waals surface area contributed by atoms with Crippen LogP contribution in [0, 0.1) is 11.3 Å². The van der Waals surface area contributed by atoms with E-state index in [0.717, 1.165) is 44.4 Å². The van der Waals surface area contributed by atoms with Gasteiger partial charge in [0.15, 0.2) is 0 Å². The zero-order valence-electron chi connectivity index (χ0n) is 16.5. The maximum Gasteiger partial charge on any atom is 2.00 e. The zero-order valence-corrected chi connectivity index (χ0v) is 18.7. The van der Waals surface area contributed by atoms with Crippen LogP contribution in [0.3, 0.4) is 0 Å². The first kappa shape index (κ1) is 29.0. The van der Waals surface area contributed by atoms with Gasteiger partial charge in [0, 0.05) is 11.9 Å². The standard InChI is InChI=1S/C10H20O2.C9H18O2.Ca/c1-10(2,3)8-6-4-5-7-9(11)12;1-8(2)6-4-3-5-7-9(10)11;/h4-8H2,1-3H3,(H,11,12);8H,3-7H2,1-2H3,(H,10,11);/q;;+2/p-2. The Balaban J connectivity index is -0.000000354. The van der Waals surface area contributed by atoms with Gasteiger partial charge in [-0.05, 0) is 43.4 Å². The first-order chi connectivity index (χ1) is 10.5. The summed E-state index contributed by atoms with van der Waals surface area (Å²) < 4.78 is 0. The van der Waals surface area contributed by atoms with Gasteiger partial charge in [0.1, 0.15) is 0 Å². The molecule has 0 aliphatic rings. The van der Waals surface area contributed by atoms with Crippen molar-refractivity contribution >= 4 is 49.7 Å². The van der Waals surface area contributed by atoms with Crippen molar-refractivity contribution in [1.29, 1.82) is 0 Å². The Hall–Kier alpha value is 0.200. The molecule has 0 rings (SSSR count). The largest absolute Gasteiger partial charge is 2.00 e. The van der Waals surface area contributed by atoms with Gasteiger partial charge >= 0.3 is 37.7 Å². The number of carboxylic acid groups (broad SMARTS) is 2. The van der Waals surface area contributed by atoms with Gasteiger partial charge in [-0.3, -0.25) is 0 Å². The van der Waals surface area contributed by atoms with Crippen molar-refractivity contribution in [3.8, 4) is 0 Å². The molecule has 0 bridgehead atoms. The molecular formula is C19H36CaO4. The Morgan fingerprint density at radius 1 is 0.792 bits per heavy atom. The molecule has 0 radical (unpaired) electrons. The number of carbonyl (C=O) groups excluding carboxylic acids is 2. The molecule has 0 aromatic heterocycles. The third-order valence-electron chi connectivity index (χ3n) is 3.47. The van der Waals surface area contributed by atoms with Crippen LogP contribution in [0.4, 0.5) is 0 Å². The topological polar surface area (TPSA) is 80.3 Å². The number of hydrogen-bond acceptors (Lipinski definition) is 4. The predicted molar refractivity (Wildman–Crippen MR) is 96.2 cm³/mol. The molecule has 0 unspecified atom stereocenters. The second-order valence-electron chi connectivity index (χ2n) is 7.86. The van der Waals surface area contributed by atoms with Crippen LogP contribution < -0.4 is 10.2 Å². The van der Waals surface area contributed by atoms with Crippen LogP contribution in [0.5, 0.6) is 0 Å². The molecule has 0 aromatic rings. The Morgan fingerprint density at radius 3 is 1.54 bits per heavy atom. The van der Waals surface area contributed by atoms with Crippen molar-refractivity contribution in [2.75, 3.05) is 0 Å². The van der Waals surface area contributed by atoms with Crippen molar-refractivity contribution in [1.82, 2.24) is 0 Å². The van der Waals surface area contributed by atoms with E-state index in [1.165, 1.54) is 12.8 Å². The molecule has 0 N–H and O–H groups in total. The first-order valence-corrected chi connectivity index (χ1v) is 8.94. The summed E-state index contributed by atoms with van der Waals surface area (Å²) in [6.07, 6.45) is 8.63. The Morgan fingerprint density at radius 2 is 1.21 bits per heavy atom. The van der Waals surface area contributed by atoms with E-state index in [-0.39, 0.29) is 50.6 Å². The van der Waals surface area contributed by atoms with Gasteiger partial charge < -0.3 is 19.8 Å². The van der Waals surface area contributed by atoms with E-state index in [1.807, 2.05) is 0 Å². The summed E-state index contributed by atoms with van der Waals surface area (Å²) in [5.41, 5.74) is 0.376. The smallest absolute Gasteiger partial charge is 0.550 e. The maximum absolute atomic E-state index is 10.0. The first-order valence-electron chi connectivity index (χ1n) is 8.94. The van der Waals surface area contributed by atoms with Gasteiger partial charge in [-0.15, -0.1) is 0 Å². The number of unbranched alkanes of at least 4 members (excludes halogenated alkanes) is 4. The fourth-order valence-corrected chi connectivity index (χ4v) is 2.10. The summed E-state index contributed by atoms with van der Waals surface area (Å²) in [4.78, 5) is 20.0. The molecule has 4 nitrogen and oxygen atoms in total. The van der Waals surface area contributed by atoms with Crippen LogP contribution in [0.25, 0.3) is 0 Å². The van der Waals surface area contributed by atoms with E-state index in [9.17, 15) is 19.8 Å². The second-order valence-corrected chi connectivity index (χ2v) is 7.86. The SMILES string of the molecule is CC(C)(C)CCCCCC(=O)[O-].CC(C)CCCCCC(=O)[O-].[Ca+2]. The summed E-state index contributed by atoms with van der Waals surface area (Å²) in [6.45, 7) is 11.0. The summed E-state index contributed by atoms with van der Waals surface area (Å²) >= 11 is 0. The van der Waals surface area contributed by atoms with E-state index < -0.39 is 11.9 Å². The molecule has 0 aromatic carbocycles. The average Bonchev–Trinajstić information content (AvgIpc) is 2.36. The molecular weight excluding hydrogens is 332 g/mol. The number of rotatable bonds is 11. The summed E-state index contributed by atoms with van der Waals surface area (Å²) in [6, 6.07) is 0. The van der Waals surface area contributed by atoms with E-state index in [2.05, 4.69) is 34.6 Å². The fourth-order valence-electron chi connectivity index (χ4n) is 2.10. The molecule has 138 valence electrons. The Kier molecular flexibility index (Phi) is 21.7. The van der Waals surface area contributed by atoms with Crippen LogP contribution in [0.15, 0.2) is 0 Å². The molecule has 5 heteroatoms. The van der Waals surface area contributed by atoms with Gasteiger partial charge in [0.2, 0.25) is 0 Å². The van der Waals surface area contributed by atoms with E-state index in [4.69, 9.17) is 0 Å².